The Balaban J connectivity index is 3.19. The van der Waals surface area contributed by atoms with E-state index in [4.69, 9.17) is 5.73 Å². The van der Waals surface area contributed by atoms with Gasteiger partial charge in [-0.15, -0.1) is 0 Å². The number of hydrogen-bond acceptors (Lipinski definition) is 3. The smallest absolute Gasteiger partial charge is 0.340 e. The van der Waals surface area contributed by atoms with Crippen LogP contribution in [0.1, 0.15) is 0 Å². The van der Waals surface area contributed by atoms with E-state index in [2.05, 4.69) is 17.5 Å². The molecule has 0 bridgehead atoms. The minimum absolute atomic E-state index is 0.0805. The molecule has 3 N–H and O–H groups in total. The second kappa shape index (κ2) is 4.13. The van der Waals surface area contributed by atoms with Gasteiger partial charge in [0.25, 0.3) is 0 Å². The summed E-state index contributed by atoms with van der Waals surface area (Å²) in [5.41, 5.74) is 3.78. The summed E-state index contributed by atoms with van der Waals surface area (Å²) < 4.78 is 26.0. The highest BCUT2D eigenvalue weighted by Gasteiger charge is 2.21. The van der Waals surface area contributed by atoms with E-state index in [1.807, 2.05) is 0 Å². The van der Waals surface area contributed by atoms with Crippen LogP contribution >= 0.6 is 12.2 Å². The van der Waals surface area contributed by atoms with Crippen molar-refractivity contribution in [2.75, 3.05) is 5.32 Å². The van der Waals surface area contributed by atoms with Crippen LogP contribution in [0.3, 0.4) is 0 Å². The van der Waals surface area contributed by atoms with Gasteiger partial charge in [-0.1, -0.05) is 0 Å². The van der Waals surface area contributed by atoms with E-state index in [-0.39, 0.29) is 10.8 Å². The highest BCUT2D eigenvalue weighted by molar-refractivity contribution is 7.80. The molecule has 0 aliphatic carbocycles. The molecular weight excluding hydrogens is 228 g/mol. The van der Waals surface area contributed by atoms with Crippen molar-refractivity contribution in [2.24, 2.45) is 5.73 Å². The number of thiocarbonyl (C=S) groups is 1. The van der Waals surface area contributed by atoms with E-state index in [1.165, 1.54) is 0 Å². The number of hydrogen-bond donors (Lipinski definition) is 2. The van der Waals surface area contributed by atoms with Crippen molar-refractivity contribution in [3.8, 4) is 0 Å². The van der Waals surface area contributed by atoms with Gasteiger partial charge in [0.05, 0.1) is 4.92 Å². The number of rotatable bonds is 2. The van der Waals surface area contributed by atoms with Crippen LogP contribution in [0.15, 0.2) is 12.1 Å². The molecule has 1 rings (SSSR count). The van der Waals surface area contributed by atoms with Gasteiger partial charge in [0.15, 0.2) is 5.11 Å². The third kappa shape index (κ3) is 2.56. The maximum absolute atomic E-state index is 13.0. The van der Waals surface area contributed by atoms with Crippen LogP contribution in [0, 0.1) is 21.7 Å². The summed E-state index contributed by atoms with van der Waals surface area (Å²) in [6.45, 7) is 0. The molecule has 0 radical (unpaired) electrons. The molecular formula is C7H5F2N3O2S. The molecule has 8 heteroatoms. The first-order valence-electron chi connectivity index (χ1n) is 3.61. The van der Waals surface area contributed by atoms with Gasteiger partial charge in [0.2, 0.25) is 11.6 Å². The lowest BCUT2D eigenvalue weighted by atomic mass is 10.2. The van der Waals surface area contributed by atoms with Crippen LogP contribution in [0.4, 0.5) is 20.2 Å². The molecule has 0 aliphatic rings. The third-order valence-corrected chi connectivity index (χ3v) is 1.57. The maximum Gasteiger partial charge on any atom is 0.340 e. The molecule has 0 aromatic heterocycles. The Labute approximate surface area is 88.0 Å². The molecule has 0 aliphatic heterocycles. The van der Waals surface area contributed by atoms with Crippen molar-refractivity contribution < 1.29 is 13.7 Å². The first kappa shape index (κ1) is 11.2. The third-order valence-electron chi connectivity index (χ3n) is 1.47. The first-order chi connectivity index (χ1) is 6.91. The molecule has 1 aromatic carbocycles. The molecule has 0 atom stereocenters. The molecule has 0 spiro atoms. The normalized spacial score (nSPS) is 9.73. The molecule has 0 saturated heterocycles. The van der Waals surface area contributed by atoms with Crippen LogP contribution in [-0.4, -0.2) is 10.0 Å². The summed E-state index contributed by atoms with van der Waals surface area (Å²) in [6, 6.07) is 1.47. The van der Waals surface area contributed by atoms with Crippen LogP contribution in [-0.2, 0) is 0 Å². The number of nitrogens with two attached hydrogens (primary N) is 1. The Kier molecular flexibility index (Phi) is 3.10. The monoisotopic (exact) mass is 233 g/mol. The SMILES string of the molecule is NC(=S)Nc1cc(F)c([N+](=O)[O-])c(F)c1. The van der Waals surface area contributed by atoms with Gasteiger partial charge in [-0.2, -0.15) is 8.78 Å². The number of nitro benzene ring substituents is 1. The largest absolute Gasteiger partial charge is 0.376 e. The molecule has 0 heterocycles. The summed E-state index contributed by atoms with van der Waals surface area (Å²) in [6.07, 6.45) is 0. The van der Waals surface area contributed by atoms with E-state index in [1.54, 1.807) is 0 Å². The Bertz CT molecular complexity index is 415. The van der Waals surface area contributed by atoms with Crippen molar-refractivity contribution in [3.05, 3.63) is 33.9 Å². The number of halogens is 2. The highest BCUT2D eigenvalue weighted by Crippen LogP contribution is 2.25. The van der Waals surface area contributed by atoms with E-state index in [0.29, 0.717) is 0 Å². The number of anilines is 1. The van der Waals surface area contributed by atoms with Crippen LogP contribution < -0.4 is 11.1 Å². The molecule has 15 heavy (non-hydrogen) atoms. The summed E-state index contributed by atoms with van der Waals surface area (Å²) in [7, 11) is 0. The van der Waals surface area contributed by atoms with Gasteiger partial charge < -0.3 is 11.1 Å². The second-order valence-corrected chi connectivity index (χ2v) is 2.97. The van der Waals surface area contributed by atoms with Crippen molar-refractivity contribution in [2.45, 2.75) is 0 Å². The number of nitrogens with zero attached hydrogens (tertiary/aromatic N) is 1. The first-order valence-corrected chi connectivity index (χ1v) is 4.02. The van der Waals surface area contributed by atoms with Crippen LogP contribution in [0.2, 0.25) is 0 Å². The number of benzene rings is 1. The Hall–Kier alpha value is -1.83. The molecule has 0 fully saturated rings. The molecule has 0 amide bonds. The van der Waals surface area contributed by atoms with Gasteiger partial charge in [0, 0.05) is 17.8 Å². The lowest BCUT2D eigenvalue weighted by Crippen LogP contribution is -2.19. The van der Waals surface area contributed by atoms with E-state index in [9.17, 15) is 18.9 Å². The molecule has 5 nitrogen and oxygen atoms in total. The van der Waals surface area contributed by atoms with Gasteiger partial charge >= 0.3 is 5.69 Å². The van der Waals surface area contributed by atoms with E-state index >= 15 is 0 Å². The quantitative estimate of drug-likeness (QED) is 0.460. The summed E-state index contributed by atoms with van der Waals surface area (Å²) in [4.78, 5) is 9.09. The van der Waals surface area contributed by atoms with Crippen molar-refractivity contribution in [3.63, 3.8) is 0 Å². The number of nitrogens with one attached hydrogen (secondary N) is 1. The predicted molar refractivity (Wildman–Crippen MR) is 53.4 cm³/mol. The average Bonchev–Trinajstić information content (AvgIpc) is 1.99. The van der Waals surface area contributed by atoms with Gasteiger partial charge in [-0.05, 0) is 12.2 Å². The molecule has 0 saturated carbocycles. The Morgan fingerprint density at radius 2 is 1.93 bits per heavy atom. The van der Waals surface area contributed by atoms with Crippen molar-refractivity contribution in [1.82, 2.24) is 0 Å². The minimum atomic E-state index is -1.29. The lowest BCUT2D eigenvalue weighted by molar-refractivity contribution is -0.390. The molecule has 80 valence electrons. The van der Waals surface area contributed by atoms with Gasteiger partial charge in [-0.3, -0.25) is 10.1 Å². The maximum atomic E-state index is 13.0. The standard InChI is InChI=1S/C7H5F2N3O2S/c8-4-1-3(11-7(10)15)2-5(9)6(4)12(13)14/h1-2H,(H3,10,11,15). The van der Waals surface area contributed by atoms with Crippen LogP contribution in [0.25, 0.3) is 0 Å². The fourth-order valence-electron chi connectivity index (χ4n) is 0.954. The zero-order valence-corrected chi connectivity index (χ0v) is 7.98. The zero-order chi connectivity index (χ0) is 11.6. The topological polar surface area (TPSA) is 81.2 Å². The Morgan fingerprint density at radius 3 is 2.27 bits per heavy atom. The summed E-state index contributed by atoms with van der Waals surface area (Å²) in [5, 5.41) is 12.3. The highest BCUT2D eigenvalue weighted by atomic mass is 32.1. The summed E-state index contributed by atoms with van der Waals surface area (Å²) >= 11 is 4.44. The second-order valence-electron chi connectivity index (χ2n) is 2.53. The number of nitro groups is 1. The van der Waals surface area contributed by atoms with Gasteiger partial charge in [-0.25, -0.2) is 0 Å². The van der Waals surface area contributed by atoms with Crippen molar-refractivity contribution in [1.29, 1.82) is 0 Å². The van der Waals surface area contributed by atoms with E-state index < -0.39 is 22.2 Å². The molecule has 1 aromatic rings. The minimum Gasteiger partial charge on any atom is -0.376 e. The molecule has 0 unspecified atom stereocenters. The predicted octanol–water partition coefficient (Wildman–Crippen LogP) is 1.53. The fourth-order valence-corrected chi connectivity index (χ4v) is 1.07. The van der Waals surface area contributed by atoms with Crippen LogP contribution in [0.5, 0.6) is 0 Å². The lowest BCUT2D eigenvalue weighted by Gasteiger charge is -2.04. The summed E-state index contributed by atoms with van der Waals surface area (Å²) in [5.74, 6) is -2.59. The average molecular weight is 233 g/mol. The zero-order valence-electron chi connectivity index (χ0n) is 7.16. The van der Waals surface area contributed by atoms with Gasteiger partial charge in [0.1, 0.15) is 0 Å². The van der Waals surface area contributed by atoms with Crippen molar-refractivity contribution >= 4 is 28.7 Å². The fraction of sp³-hybridized carbons (Fsp3) is 0. The van der Waals surface area contributed by atoms with E-state index in [0.717, 1.165) is 12.1 Å². The Morgan fingerprint density at radius 1 is 1.47 bits per heavy atom.